The predicted octanol–water partition coefficient (Wildman–Crippen LogP) is 3.74. The van der Waals surface area contributed by atoms with Gasteiger partial charge in [0.1, 0.15) is 0 Å². The zero-order valence-corrected chi connectivity index (χ0v) is 9.93. The molecule has 0 aliphatic carbocycles. The lowest BCUT2D eigenvalue weighted by Crippen LogP contribution is -1.86. The molecule has 0 saturated carbocycles. The van der Waals surface area contributed by atoms with Gasteiger partial charge in [-0.05, 0) is 17.2 Å². The molecule has 2 aromatic heterocycles. The van der Waals surface area contributed by atoms with Crippen LogP contribution in [-0.2, 0) is 5.88 Å². The van der Waals surface area contributed by atoms with Crippen molar-refractivity contribution in [1.29, 1.82) is 0 Å². The Kier molecular flexibility index (Phi) is 2.57. The number of halogens is 1. The quantitative estimate of drug-likeness (QED) is 0.626. The molecule has 84 valence electrons. The SMILES string of the molecule is ClCc1ncn2cc(-c3ccccc3)ccc12. The van der Waals surface area contributed by atoms with Crippen LogP contribution in [0.15, 0.2) is 55.0 Å². The fourth-order valence-corrected chi connectivity index (χ4v) is 2.17. The van der Waals surface area contributed by atoms with Crippen molar-refractivity contribution in [3.8, 4) is 11.1 Å². The van der Waals surface area contributed by atoms with Crippen LogP contribution in [0.3, 0.4) is 0 Å². The van der Waals surface area contributed by atoms with E-state index < -0.39 is 0 Å². The van der Waals surface area contributed by atoms with Crippen molar-refractivity contribution >= 4 is 17.1 Å². The second kappa shape index (κ2) is 4.22. The molecule has 3 rings (SSSR count). The first-order chi connectivity index (χ1) is 8.38. The van der Waals surface area contributed by atoms with E-state index in [0.29, 0.717) is 5.88 Å². The van der Waals surface area contributed by atoms with Gasteiger partial charge in [0.2, 0.25) is 0 Å². The number of benzene rings is 1. The summed E-state index contributed by atoms with van der Waals surface area (Å²) < 4.78 is 2.01. The molecule has 0 aliphatic heterocycles. The van der Waals surface area contributed by atoms with Gasteiger partial charge < -0.3 is 4.40 Å². The van der Waals surface area contributed by atoms with Crippen LogP contribution in [0, 0.1) is 0 Å². The molecule has 0 fully saturated rings. The highest BCUT2D eigenvalue weighted by Crippen LogP contribution is 2.21. The third-order valence-corrected chi connectivity index (χ3v) is 3.10. The summed E-state index contributed by atoms with van der Waals surface area (Å²) in [5, 5.41) is 0. The molecule has 2 heterocycles. The molecule has 1 aromatic carbocycles. The molecule has 3 aromatic rings. The van der Waals surface area contributed by atoms with Gasteiger partial charge in [-0.2, -0.15) is 0 Å². The number of aromatic nitrogens is 2. The molecule has 0 atom stereocenters. The molecule has 0 spiro atoms. The molecule has 0 bridgehead atoms. The van der Waals surface area contributed by atoms with E-state index in [-0.39, 0.29) is 0 Å². The molecular weight excluding hydrogens is 232 g/mol. The molecule has 0 aliphatic rings. The number of alkyl halides is 1. The first-order valence-corrected chi connectivity index (χ1v) is 5.99. The van der Waals surface area contributed by atoms with E-state index in [9.17, 15) is 0 Å². The Morgan fingerprint density at radius 3 is 2.59 bits per heavy atom. The Morgan fingerprint density at radius 2 is 1.82 bits per heavy atom. The van der Waals surface area contributed by atoms with E-state index in [1.165, 1.54) is 11.1 Å². The van der Waals surface area contributed by atoms with Crippen LogP contribution in [0.4, 0.5) is 0 Å². The molecule has 0 amide bonds. The Bertz CT molecular complexity index is 644. The van der Waals surface area contributed by atoms with Gasteiger partial charge in [0.25, 0.3) is 0 Å². The van der Waals surface area contributed by atoms with Gasteiger partial charge in [-0.3, -0.25) is 0 Å². The second-order valence-corrected chi connectivity index (χ2v) is 4.17. The van der Waals surface area contributed by atoms with Crippen LogP contribution >= 0.6 is 11.6 Å². The van der Waals surface area contributed by atoms with Crippen molar-refractivity contribution in [1.82, 2.24) is 9.38 Å². The van der Waals surface area contributed by atoms with Crippen LogP contribution in [0.5, 0.6) is 0 Å². The number of rotatable bonds is 2. The molecule has 3 heteroatoms. The fraction of sp³-hybridized carbons (Fsp3) is 0.0714. The third-order valence-electron chi connectivity index (χ3n) is 2.84. The monoisotopic (exact) mass is 242 g/mol. The van der Waals surface area contributed by atoms with E-state index in [2.05, 4.69) is 35.4 Å². The van der Waals surface area contributed by atoms with Crippen LogP contribution in [0.25, 0.3) is 16.6 Å². The Balaban J connectivity index is 2.15. The number of fused-ring (bicyclic) bond motifs is 1. The summed E-state index contributed by atoms with van der Waals surface area (Å²) in [6.45, 7) is 0. The zero-order valence-electron chi connectivity index (χ0n) is 9.18. The third kappa shape index (κ3) is 1.81. The molecule has 0 N–H and O–H groups in total. The van der Waals surface area contributed by atoms with Gasteiger partial charge in [0, 0.05) is 6.20 Å². The Morgan fingerprint density at radius 1 is 1.00 bits per heavy atom. The number of hydrogen-bond donors (Lipinski definition) is 0. The topological polar surface area (TPSA) is 17.3 Å². The van der Waals surface area contributed by atoms with E-state index in [1.54, 1.807) is 6.33 Å². The smallest absolute Gasteiger partial charge is 0.0996 e. The van der Waals surface area contributed by atoms with Crippen molar-refractivity contribution in [3.63, 3.8) is 0 Å². The number of hydrogen-bond acceptors (Lipinski definition) is 1. The minimum absolute atomic E-state index is 0.446. The molecule has 0 unspecified atom stereocenters. The van der Waals surface area contributed by atoms with Gasteiger partial charge in [0.05, 0.1) is 23.4 Å². The van der Waals surface area contributed by atoms with Gasteiger partial charge in [-0.15, -0.1) is 11.6 Å². The van der Waals surface area contributed by atoms with E-state index in [4.69, 9.17) is 11.6 Å². The van der Waals surface area contributed by atoms with Gasteiger partial charge in [-0.1, -0.05) is 36.4 Å². The summed E-state index contributed by atoms with van der Waals surface area (Å²) in [5.41, 5.74) is 4.37. The lowest BCUT2D eigenvalue weighted by atomic mass is 10.1. The van der Waals surface area contributed by atoms with Crippen molar-refractivity contribution in [3.05, 3.63) is 60.7 Å². The number of nitrogens with zero attached hydrogens (tertiary/aromatic N) is 2. The summed E-state index contributed by atoms with van der Waals surface area (Å²) in [5.74, 6) is 0.446. The lowest BCUT2D eigenvalue weighted by molar-refractivity contribution is 1.15. The highest BCUT2D eigenvalue weighted by Gasteiger charge is 2.04. The predicted molar refractivity (Wildman–Crippen MR) is 70.2 cm³/mol. The van der Waals surface area contributed by atoms with Crippen molar-refractivity contribution in [2.24, 2.45) is 0 Å². The van der Waals surface area contributed by atoms with E-state index in [0.717, 1.165) is 11.2 Å². The van der Waals surface area contributed by atoms with Gasteiger partial charge in [-0.25, -0.2) is 4.98 Å². The molecule has 0 radical (unpaired) electrons. The highest BCUT2D eigenvalue weighted by atomic mass is 35.5. The first-order valence-electron chi connectivity index (χ1n) is 5.45. The number of imidazole rings is 1. The number of pyridine rings is 1. The van der Waals surface area contributed by atoms with Crippen molar-refractivity contribution in [2.75, 3.05) is 0 Å². The van der Waals surface area contributed by atoms with Crippen molar-refractivity contribution < 1.29 is 0 Å². The Hall–Kier alpha value is -1.80. The maximum absolute atomic E-state index is 5.83. The summed E-state index contributed by atoms with van der Waals surface area (Å²) in [6, 6.07) is 14.5. The van der Waals surface area contributed by atoms with Crippen molar-refractivity contribution in [2.45, 2.75) is 5.88 Å². The largest absolute Gasteiger partial charge is 0.305 e. The average molecular weight is 243 g/mol. The lowest BCUT2D eigenvalue weighted by Gasteiger charge is -2.02. The maximum atomic E-state index is 5.83. The van der Waals surface area contributed by atoms with Crippen LogP contribution < -0.4 is 0 Å². The standard InChI is InChI=1S/C14H11ClN2/c15-8-13-14-7-6-12(9-17(14)10-16-13)11-4-2-1-3-5-11/h1-7,9-10H,8H2. The molecule has 0 saturated heterocycles. The minimum atomic E-state index is 0.446. The molecular formula is C14H11ClN2. The maximum Gasteiger partial charge on any atom is 0.0996 e. The van der Waals surface area contributed by atoms with Crippen LogP contribution in [0.1, 0.15) is 5.69 Å². The summed E-state index contributed by atoms with van der Waals surface area (Å²) >= 11 is 5.83. The molecule has 2 nitrogen and oxygen atoms in total. The normalized spacial score (nSPS) is 10.9. The van der Waals surface area contributed by atoms with E-state index in [1.807, 2.05) is 22.6 Å². The van der Waals surface area contributed by atoms with Gasteiger partial charge in [0.15, 0.2) is 0 Å². The Labute approximate surface area is 104 Å². The minimum Gasteiger partial charge on any atom is -0.305 e. The van der Waals surface area contributed by atoms with E-state index >= 15 is 0 Å². The second-order valence-electron chi connectivity index (χ2n) is 3.90. The summed E-state index contributed by atoms with van der Waals surface area (Å²) in [4.78, 5) is 4.28. The van der Waals surface area contributed by atoms with Crippen LogP contribution in [-0.4, -0.2) is 9.38 Å². The van der Waals surface area contributed by atoms with Crippen LogP contribution in [0.2, 0.25) is 0 Å². The summed E-state index contributed by atoms with van der Waals surface area (Å²) in [6.07, 6.45) is 3.88. The summed E-state index contributed by atoms with van der Waals surface area (Å²) in [7, 11) is 0. The van der Waals surface area contributed by atoms with Gasteiger partial charge >= 0.3 is 0 Å². The average Bonchev–Trinajstić information content (AvgIpc) is 2.81. The fourth-order valence-electron chi connectivity index (χ4n) is 1.96. The molecule has 17 heavy (non-hydrogen) atoms. The zero-order chi connectivity index (χ0) is 11.7. The first kappa shape index (κ1) is 10.4. The highest BCUT2D eigenvalue weighted by molar-refractivity contribution is 6.17.